The van der Waals surface area contributed by atoms with Crippen LogP contribution in [0.2, 0.25) is 0 Å². The summed E-state index contributed by atoms with van der Waals surface area (Å²) in [6.07, 6.45) is 1.70. The molecule has 0 amide bonds. The lowest BCUT2D eigenvalue weighted by Gasteiger charge is -2.13. The number of hydrogen-bond acceptors (Lipinski definition) is 4. The molecule has 1 heterocycles. The molecule has 0 spiro atoms. The summed E-state index contributed by atoms with van der Waals surface area (Å²) >= 11 is 3.29. The molecule has 0 aliphatic heterocycles. The minimum Gasteiger partial charge on any atom is -0.271 e. The van der Waals surface area contributed by atoms with Crippen molar-refractivity contribution >= 4 is 15.9 Å². The van der Waals surface area contributed by atoms with Gasteiger partial charge in [-0.1, -0.05) is 0 Å². The van der Waals surface area contributed by atoms with E-state index in [9.17, 15) is 0 Å². The van der Waals surface area contributed by atoms with Gasteiger partial charge in [-0.15, -0.1) is 0 Å². The number of halogens is 1. The summed E-state index contributed by atoms with van der Waals surface area (Å²) in [6, 6.07) is 7.80. The van der Waals surface area contributed by atoms with Gasteiger partial charge in [0.25, 0.3) is 0 Å². The van der Waals surface area contributed by atoms with E-state index in [4.69, 9.17) is 10.5 Å². The predicted molar refractivity (Wildman–Crippen MR) is 58.4 cm³/mol. The van der Waals surface area contributed by atoms with E-state index in [0.717, 1.165) is 10.2 Å². The standard InChI is InChI=1S/C10H9BrN4/c11-9-1-2-10(14-7-9)8-15(5-3-12)6-4-13/h1-2,7H,5-6,8H2. The third-order valence-electron chi connectivity index (χ3n) is 1.76. The Morgan fingerprint density at radius 3 is 2.40 bits per heavy atom. The molecular formula is C10H9BrN4. The summed E-state index contributed by atoms with van der Waals surface area (Å²) in [6.45, 7) is 1.00. The molecule has 76 valence electrons. The number of nitriles is 2. The Morgan fingerprint density at radius 2 is 1.93 bits per heavy atom. The molecule has 0 bridgehead atoms. The van der Waals surface area contributed by atoms with E-state index in [1.54, 1.807) is 11.1 Å². The summed E-state index contributed by atoms with van der Waals surface area (Å²) in [5, 5.41) is 17.1. The lowest BCUT2D eigenvalue weighted by Crippen LogP contribution is -2.24. The molecule has 15 heavy (non-hydrogen) atoms. The molecule has 1 rings (SSSR count). The van der Waals surface area contributed by atoms with E-state index in [1.165, 1.54) is 0 Å². The first kappa shape index (κ1) is 11.6. The second kappa shape index (κ2) is 6.13. The first-order chi connectivity index (χ1) is 7.26. The highest BCUT2D eigenvalue weighted by Gasteiger charge is 2.05. The van der Waals surface area contributed by atoms with Crippen LogP contribution in [0.25, 0.3) is 0 Å². The second-order valence-corrected chi connectivity index (χ2v) is 3.84. The van der Waals surface area contributed by atoms with Gasteiger partial charge in [-0.3, -0.25) is 9.88 Å². The molecule has 0 saturated heterocycles. The third kappa shape index (κ3) is 4.07. The fourth-order valence-electron chi connectivity index (χ4n) is 1.10. The highest BCUT2D eigenvalue weighted by Crippen LogP contribution is 2.08. The van der Waals surface area contributed by atoms with Gasteiger partial charge in [0.2, 0.25) is 0 Å². The van der Waals surface area contributed by atoms with E-state index in [-0.39, 0.29) is 13.1 Å². The maximum atomic E-state index is 8.56. The van der Waals surface area contributed by atoms with Crippen LogP contribution >= 0.6 is 15.9 Å². The molecule has 0 N–H and O–H groups in total. The molecule has 0 unspecified atom stereocenters. The SMILES string of the molecule is N#CCN(CC#N)Cc1ccc(Br)cn1. The Balaban J connectivity index is 2.62. The highest BCUT2D eigenvalue weighted by molar-refractivity contribution is 9.10. The lowest BCUT2D eigenvalue weighted by atomic mass is 10.3. The van der Waals surface area contributed by atoms with Gasteiger partial charge in [-0.2, -0.15) is 10.5 Å². The van der Waals surface area contributed by atoms with Crippen molar-refractivity contribution in [2.24, 2.45) is 0 Å². The molecule has 5 heteroatoms. The third-order valence-corrected chi connectivity index (χ3v) is 2.23. The van der Waals surface area contributed by atoms with Crippen molar-refractivity contribution in [2.75, 3.05) is 13.1 Å². The van der Waals surface area contributed by atoms with Gasteiger partial charge in [0.05, 0.1) is 30.9 Å². The van der Waals surface area contributed by atoms with Crippen LogP contribution in [0.3, 0.4) is 0 Å². The quantitative estimate of drug-likeness (QED) is 0.777. The van der Waals surface area contributed by atoms with Crippen LogP contribution in [0.15, 0.2) is 22.8 Å². The number of aromatic nitrogens is 1. The van der Waals surface area contributed by atoms with Crippen LogP contribution in [-0.4, -0.2) is 23.0 Å². The summed E-state index contributed by atoms with van der Waals surface area (Å²) in [5.74, 6) is 0. The predicted octanol–water partition coefficient (Wildman–Crippen LogP) is 1.69. The number of pyridine rings is 1. The van der Waals surface area contributed by atoms with Gasteiger partial charge in [0.1, 0.15) is 0 Å². The molecule has 0 fully saturated rings. The maximum absolute atomic E-state index is 8.56. The normalized spacial score (nSPS) is 9.60. The van der Waals surface area contributed by atoms with Crippen molar-refractivity contribution in [3.8, 4) is 12.1 Å². The number of nitrogens with zero attached hydrogens (tertiary/aromatic N) is 4. The molecule has 1 aromatic heterocycles. The van der Waals surface area contributed by atoms with Crippen LogP contribution < -0.4 is 0 Å². The zero-order valence-electron chi connectivity index (χ0n) is 8.02. The highest BCUT2D eigenvalue weighted by atomic mass is 79.9. The molecule has 0 aliphatic rings. The molecule has 0 aromatic carbocycles. The van der Waals surface area contributed by atoms with Gasteiger partial charge in [0, 0.05) is 17.2 Å². The van der Waals surface area contributed by atoms with E-state index in [2.05, 4.69) is 20.9 Å². The van der Waals surface area contributed by atoms with Crippen molar-refractivity contribution in [1.82, 2.24) is 9.88 Å². The number of hydrogen-bond donors (Lipinski definition) is 0. The fourth-order valence-corrected chi connectivity index (χ4v) is 1.33. The lowest BCUT2D eigenvalue weighted by molar-refractivity contribution is 0.330. The monoisotopic (exact) mass is 264 g/mol. The molecular weight excluding hydrogens is 256 g/mol. The Kier molecular flexibility index (Phi) is 4.76. The summed E-state index contributed by atoms with van der Waals surface area (Å²) < 4.78 is 0.915. The molecule has 0 saturated carbocycles. The summed E-state index contributed by atoms with van der Waals surface area (Å²) in [7, 11) is 0. The first-order valence-electron chi connectivity index (χ1n) is 4.33. The van der Waals surface area contributed by atoms with Crippen LogP contribution in [0, 0.1) is 22.7 Å². The minimum absolute atomic E-state index is 0.241. The zero-order chi connectivity index (χ0) is 11.1. The van der Waals surface area contributed by atoms with E-state index < -0.39 is 0 Å². The van der Waals surface area contributed by atoms with Gasteiger partial charge in [0.15, 0.2) is 0 Å². The fraction of sp³-hybridized carbons (Fsp3) is 0.300. The van der Waals surface area contributed by atoms with Gasteiger partial charge in [-0.05, 0) is 28.1 Å². The van der Waals surface area contributed by atoms with Gasteiger partial charge >= 0.3 is 0 Å². The van der Waals surface area contributed by atoms with Gasteiger partial charge in [-0.25, -0.2) is 0 Å². The Labute approximate surface area is 96.9 Å². The Hall–Kier alpha value is -1.43. The van der Waals surface area contributed by atoms with Crippen LogP contribution in [0.1, 0.15) is 5.69 Å². The molecule has 1 aromatic rings. The van der Waals surface area contributed by atoms with Crippen LogP contribution in [0.5, 0.6) is 0 Å². The van der Waals surface area contributed by atoms with Crippen molar-refractivity contribution in [2.45, 2.75) is 6.54 Å². The smallest absolute Gasteiger partial charge is 0.0877 e. The first-order valence-corrected chi connectivity index (χ1v) is 5.12. The molecule has 0 atom stereocenters. The maximum Gasteiger partial charge on any atom is 0.0877 e. The van der Waals surface area contributed by atoms with Crippen molar-refractivity contribution in [3.63, 3.8) is 0 Å². The zero-order valence-corrected chi connectivity index (χ0v) is 9.61. The van der Waals surface area contributed by atoms with Crippen LogP contribution in [-0.2, 0) is 6.54 Å². The second-order valence-electron chi connectivity index (χ2n) is 2.93. The largest absolute Gasteiger partial charge is 0.271 e. The number of rotatable bonds is 4. The van der Waals surface area contributed by atoms with Crippen molar-refractivity contribution in [1.29, 1.82) is 10.5 Å². The Morgan fingerprint density at radius 1 is 1.27 bits per heavy atom. The summed E-state index contributed by atoms with van der Waals surface area (Å²) in [5.41, 5.74) is 0.851. The van der Waals surface area contributed by atoms with Crippen molar-refractivity contribution < 1.29 is 0 Å². The van der Waals surface area contributed by atoms with E-state index in [0.29, 0.717) is 6.54 Å². The minimum atomic E-state index is 0.241. The average molecular weight is 265 g/mol. The average Bonchev–Trinajstić information content (AvgIpc) is 2.22. The van der Waals surface area contributed by atoms with Crippen LogP contribution in [0.4, 0.5) is 0 Å². The summed E-state index contributed by atoms with van der Waals surface area (Å²) in [4.78, 5) is 5.91. The molecule has 0 aliphatic carbocycles. The van der Waals surface area contributed by atoms with Gasteiger partial charge < -0.3 is 0 Å². The van der Waals surface area contributed by atoms with E-state index >= 15 is 0 Å². The molecule has 4 nitrogen and oxygen atoms in total. The van der Waals surface area contributed by atoms with E-state index in [1.807, 2.05) is 24.3 Å². The van der Waals surface area contributed by atoms with Crippen molar-refractivity contribution in [3.05, 3.63) is 28.5 Å². The Bertz CT molecular complexity index is 371. The topological polar surface area (TPSA) is 63.7 Å². The molecule has 0 radical (unpaired) electrons.